The van der Waals surface area contributed by atoms with E-state index in [0.29, 0.717) is 24.3 Å². The monoisotopic (exact) mass is 533 g/mol. The summed E-state index contributed by atoms with van der Waals surface area (Å²) < 4.78 is 69.0. The lowest BCUT2D eigenvalue weighted by Crippen LogP contribution is -2.24. The molecule has 0 unspecified atom stereocenters. The van der Waals surface area contributed by atoms with Crippen molar-refractivity contribution in [3.8, 4) is 28.5 Å². The molecule has 0 bridgehead atoms. The zero-order valence-corrected chi connectivity index (χ0v) is 20.2. The first kappa shape index (κ1) is 25.6. The van der Waals surface area contributed by atoms with E-state index in [0.717, 1.165) is 31.9 Å². The predicted molar refractivity (Wildman–Crippen MR) is 124 cm³/mol. The summed E-state index contributed by atoms with van der Waals surface area (Å²) in [6, 6.07) is 1.22. The lowest BCUT2D eigenvalue weighted by Gasteiger charge is -2.28. The van der Waals surface area contributed by atoms with E-state index in [1.807, 2.05) is 6.92 Å². The maximum atomic E-state index is 14.9. The molecule has 1 amide bonds. The van der Waals surface area contributed by atoms with Crippen LogP contribution < -0.4 is 5.73 Å². The smallest absolute Gasteiger partial charge is 0.433 e. The predicted octanol–water partition coefficient (Wildman–Crippen LogP) is 4.56. The average Bonchev–Trinajstić information content (AvgIpc) is 3.63. The fraction of sp³-hybridized carbons (Fsp3) is 0.375. The molecule has 5 rings (SSSR count). The summed E-state index contributed by atoms with van der Waals surface area (Å²) in [5.74, 6) is -1.69. The van der Waals surface area contributed by atoms with Gasteiger partial charge in [-0.25, -0.2) is 19.0 Å². The highest BCUT2D eigenvalue weighted by Crippen LogP contribution is 2.35. The molecular formula is C24H23F4N7O3. The van der Waals surface area contributed by atoms with Crippen molar-refractivity contribution in [3.63, 3.8) is 0 Å². The maximum absolute atomic E-state index is 14.9. The normalized spacial score (nSPS) is 18.1. The SMILES string of the molecule is CCOC1CCC(n2cc(-n3cc(-c4nc(C(N)=O)co4)cn3)c(-c3nc(C(F)(F)F)ccc3F)n2)CC1. The van der Waals surface area contributed by atoms with E-state index < -0.39 is 29.3 Å². The van der Waals surface area contributed by atoms with Crippen LogP contribution in [0.2, 0.25) is 0 Å². The lowest BCUT2D eigenvalue weighted by molar-refractivity contribution is -0.141. The average molecular weight is 533 g/mol. The molecule has 4 heterocycles. The quantitative estimate of drug-likeness (QED) is 0.345. The first-order valence-corrected chi connectivity index (χ1v) is 11.9. The molecule has 200 valence electrons. The standard InChI is InChI=1S/C24H23F4N7O3/c1-2-37-15-5-3-14(4-6-15)34-11-18(21(33-34)20-16(25)7-8-19(32-20)24(26,27)28)35-10-13(9-30-35)23-31-17(12-38-23)22(29)36/h7-12,14-15H,2-6H2,1H3,(H2,29,36). The van der Waals surface area contributed by atoms with E-state index in [9.17, 15) is 22.4 Å². The third-order valence-electron chi connectivity index (χ3n) is 6.33. The van der Waals surface area contributed by atoms with Crippen LogP contribution in [0, 0.1) is 5.82 Å². The molecule has 0 saturated heterocycles. The minimum atomic E-state index is -4.77. The number of carbonyl (C=O) groups excluding carboxylic acids is 1. The van der Waals surface area contributed by atoms with Crippen molar-refractivity contribution in [1.29, 1.82) is 0 Å². The number of pyridine rings is 1. The van der Waals surface area contributed by atoms with Crippen LogP contribution in [0.5, 0.6) is 0 Å². The van der Waals surface area contributed by atoms with Gasteiger partial charge in [0.15, 0.2) is 11.5 Å². The van der Waals surface area contributed by atoms with Crippen molar-refractivity contribution in [2.24, 2.45) is 5.73 Å². The van der Waals surface area contributed by atoms with Gasteiger partial charge in [0.1, 0.15) is 29.0 Å². The summed E-state index contributed by atoms with van der Waals surface area (Å²) >= 11 is 0. The number of carbonyl (C=O) groups is 1. The van der Waals surface area contributed by atoms with Crippen LogP contribution in [0.25, 0.3) is 28.5 Å². The summed E-state index contributed by atoms with van der Waals surface area (Å²) in [7, 11) is 0. The van der Waals surface area contributed by atoms with Crippen molar-refractivity contribution in [2.75, 3.05) is 6.61 Å². The molecule has 10 nitrogen and oxygen atoms in total. The molecule has 14 heteroatoms. The van der Waals surface area contributed by atoms with E-state index in [4.69, 9.17) is 14.9 Å². The molecule has 0 spiro atoms. The van der Waals surface area contributed by atoms with Crippen LogP contribution in [-0.4, -0.2) is 48.1 Å². The van der Waals surface area contributed by atoms with Gasteiger partial charge in [0, 0.05) is 12.8 Å². The number of alkyl halides is 3. The zero-order chi connectivity index (χ0) is 27.0. The highest BCUT2D eigenvalue weighted by Gasteiger charge is 2.34. The Morgan fingerprint density at radius 2 is 1.92 bits per heavy atom. The topological polar surface area (TPSA) is 127 Å². The van der Waals surface area contributed by atoms with Crippen molar-refractivity contribution in [3.05, 3.63) is 54.2 Å². The van der Waals surface area contributed by atoms with E-state index in [2.05, 4.69) is 20.2 Å². The second-order valence-electron chi connectivity index (χ2n) is 8.83. The number of rotatable bonds is 7. The third kappa shape index (κ3) is 5.03. The largest absolute Gasteiger partial charge is 0.444 e. The van der Waals surface area contributed by atoms with Crippen LogP contribution in [0.1, 0.15) is 54.8 Å². The Bertz CT molecular complexity index is 1450. The fourth-order valence-corrected chi connectivity index (χ4v) is 4.47. The van der Waals surface area contributed by atoms with Crippen molar-refractivity contribution >= 4 is 5.91 Å². The molecular weight excluding hydrogens is 510 g/mol. The molecule has 4 aromatic heterocycles. The molecule has 38 heavy (non-hydrogen) atoms. The van der Waals surface area contributed by atoms with Gasteiger partial charge < -0.3 is 14.9 Å². The van der Waals surface area contributed by atoms with Crippen LogP contribution in [0.15, 0.2) is 41.4 Å². The number of hydrogen-bond donors (Lipinski definition) is 1. The Labute approximate surface area is 213 Å². The van der Waals surface area contributed by atoms with E-state index >= 15 is 0 Å². The molecule has 1 aliphatic carbocycles. The van der Waals surface area contributed by atoms with E-state index in [1.54, 1.807) is 10.9 Å². The van der Waals surface area contributed by atoms with Gasteiger partial charge in [-0.3, -0.25) is 9.48 Å². The van der Waals surface area contributed by atoms with Crippen LogP contribution >= 0.6 is 0 Å². The van der Waals surface area contributed by atoms with Gasteiger partial charge in [-0.15, -0.1) is 0 Å². The van der Waals surface area contributed by atoms with Crippen molar-refractivity contribution < 1.29 is 31.5 Å². The van der Waals surface area contributed by atoms with Crippen molar-refractivity contribution in [1.82, 2.24) is 29.5 Å². The van der Waals surface area contributed by atoms with E-state index in [1.165, 1.54) is 17.1 Å². The second-order valence-corrected chi connectivity index (χ2v) is 8.83. The molecule has 1 fully saturated rings. The Morgan fingerprint density at radius 3 is 2.58 bits per heavy atom. The molecule has 0 radical (unpaired) electrons. The van der Waals surface area contributed by atoms with Crippen LogP contribution in [-0.2, 0) is 10.9 Å². The second kappa shape index (κ2) is 10.0. The maximum Gasteiger partial charge on any atom is 0.433 e. The van der Waals surface area contributed by atoms with Gasteiger partial charge in [0.25, 0.3) is 5.91 Å². The zero-order valence-electron chi connectivity index (χ0n) is 20.2. The molecule has 4 aromatic rings. The van der Waals surface area contributed by atoms with Gasteiger partial charge in [-0.1, -0.05) is 0 Å². The number of hydrogen-bond acceptors (Lipinski definition) is 7. The van der Waals surface area contributed by atoms with Gasteiger partial charge in [-0.2, -0.15) is 23.4 Å². The highest BCUT2D eigenvalue weighted by molar-refractivity contribution is 5.90. The fourth-order valence-electron chi connectivity index (χ4n) is 4.47. The minimum Gasteiger partial charge on any atom is -0.444 e. The highest BCUT2D eigenvalue weighted by atomic mass is 19.4. The van der Waals surface area contributed by atoms with Crippen LogP contribution in [0.3, 0.4) is 0 Å². The Morgan fingerprint density at radius 1 is 1.16 bits per heavy atom. The number of primary amides is 1. The van der Waals surface area contributed by atoms with Gasteiger partial charge >= 0.3 is 6.18 Å². The summed E-state index contributed by atoms with van der Waals surface area (Å²) in [5, 5.41) is 8.74. The Hall–Kier alpha value is -4.07. The number of nitrogens with two attached hydrogens (primary N) is 1. The molecule has 1 saturated carbocycles. The van der Waals surface area contributed by atoms with Crippen LogP contribution in [0.4, 0.5) is 17.6 Å². The summed E-state index contributed by atoms with van der Waals surface area (Å²) in [6.45, 7) is 2.54. The van der Waals surface area contributed by atoms with Crippen molar-refractivity contribution in [2.45, 2.75) is 50.9 Å². The Balaban J connectivity index is 1.56. The summed E-state index contributed by atoms with van der Waals surface area (Å²) in [4.78, 5) is 18.9. The summed E-state index contributed by atoms with van der Waals surface area (Å²) in [6.07, 6.45) is 3.93. The Kier molecular flexibility index (Phi) is 6.73. The molecule has 0 aromatic carbocycles. The van der Waals surface area contributed by atoms with Gasteiger partial charge in [0.2, 0.25) is 5.89 Å². The molecule has 1 aliphatic rings. The number of amides is 1. The van der Waals surface area contributed by atoms with E-state index in [-0.39, 0.29) is 35.1 Å². The number of aromatic nitrogens is 6. The number of nitrogens with zero attached hydrogens (tertiary/aromatic N) is 6. The number of halogens is 4. The molecule has 2 N–H and O–H groups in total. The first-order valence-electron chi connectivity index (χ1n) is 11.9. The lowest BCUT2D eigenvalue weighted by atomic mass is 9.93. The number of oxazole rings is 1. The first-order chi connectivity index (χ1) is 18.1. The minimum absolute atomic E-state index is 0.0524. The van der Waals surface area contributed by atoms with Gasteiger partial charge in [-0.05, 0) is 44.7 Å². The molecule has 0 aliphatic heterocycles. The third-order valence-corrected chi connectivity index (χ3v) is 6.33. The number of ether oxygens (including phenoxy) is 1. The summed E-state index contributed by atoms with van der Waals surface area (Å²) in [5.41, 5.74) is 3.78. The molecule has 0 atom stereocenters. The van der Waals surface area contributed by atoms with Gasteiger partial charge in [0.05, 0.1) is 30.1 Å².